The van der Waals surface area contributed by atoms with Crippen molar-refractivity contribution in [1.82, 2.24) is 9.88 Å². The number of halogens is 1. The van der Waals surface area contributed by atoms with Crippen LogP contribution in [-0.2, 0) is 11.2 Å². The van der Waals surface area contributed by atoms with E-state index in [0.717, 1.165) is 29.9 Å². The summed E-state index contributed by atoms with van der Waals surface area (Å²) in [5.74, 6) is 0.982. The maximum atomic E-state index is 13.1. The number of nitrogens with two attached hydrogens (primary N) is 1. The summed E-state index contributed by atoms with van der Waals surface area (Å²) in [5, 5.41) is 6.28. The van der Waals surface area contributed by atoms with E-state index in [1.807, 2.05) is 0 Å². The summed E-state index contributed by atoms with van der Waals surface area (Å²) in [6.07, 6.45) is 3.04. The fraction of sp³-hybridized carbons (Fsp3) is 0.333. The topological polar surface area (TPSA) is 77.1 Å². The van der Waals surface area contributed by atoms with Gasteiger partial charge in [0.05, 0.1) is 5.03 Å². The molecule has 2 aliphatic rings. The Labute approximate surface area is 191 Å². The lowest BCUT2D eigenvalue weighted by molar-refractivity contribution is -0.123. The van der Waals surface area contributed by atoms with Gasteiger partial charge in [-0.2, -0.15) is 0 Å². The lowest BCUT2D eigenvalue weighted by atomic mass is 9.95. The third-order valence-electron chi connectivity index (χ3n) is 6.01. The van der Waals surface area contributed by atoms with E-state index in [2.05, 4.69) is 47.8 Å². The van der Waals surface area contributed by atoms with Crippen LogP contribution in [0.2, 0.25) is 0 Å². The van der Waals surface area contributed by atoms with Gasteiger partial charge in [-0.25, -0.2) is 0 Å². The number of fused-ring (bicyclic) bond motifs is 2. The highest BCUT2D eigenvalue weighted by atomic mass is 35.5. The molecule has 0 bridgehead atoms. The van der Waals surface area contributed by atoms with Crippen LogP contribution < -0.4 is 16.6 Å². The van der Waals surface area contributed by atoms with Crippen LogP contribution in [0.25, 0.3) is 10.8 Å². The molecule has 3 aromatic rings. The van der Waals surface area contributed by atoms with Crippen LogP contribution in [0.15, 0.2) is 58.4 Å². The molecule has 0 unspecified atom stereocenters. The van der Waals surface area contributed by atoms with Crippen LogP contribution in [0.3, 0.4) is 0 Å². The molecule has 0 spiro atoms. The van der Waals surface area contributed by atoms with Crippen molar-refractivity contribution >= 4 is 40.8 Å². The van der Waals surface area contributed by atoms with Gasteiger partial charge in [0.1, 0.15) is 6.04 Å². The molecular formula is C24H26ClN3O2S. The first kappa shape index (κ1) is 21.9. The van der Waals surface area contributed by atoms with Crippen molar-refractivity contribution in [1.29, 1.82) is 0 Å². The number of nitrogens with zero attached hydrogens (tertiary/aromatic N) is 1. The number of nitrogens with one attached hydrogen (secondary N) is 1. The van der Waals surface area contributed by atoms with Crippen LogP contribution in [0, 0.1) is 0 Å². The SMILES string of the molecule is Cl.NCCNC(=O)[C@@H]1CSc2c(C3CC3)c(Cc3cccc4ccccc34)cc(=O)n21. The Bertz CT molecular complexity index is 1180. The van der Waals surface area contributed by atoms with Gasteiger partial charge >= 0.3 is 0 Å². The molecule has 1 fully saturated rings. The van der Waals surface area contributed by atoms with Gasteiger partial charge in [0, 0.05) is 24.9 Å². The second-order valence-electron chi connectivity index (χ2n) is 8.09. The van der Waals surface area contributed by atoms with Gasteiger partial charge in [-0.1, -0.05) is 42.5 Å². The van der Waals surface area contributed by atoms with Gasteiger partial charge in [-0.15, -0.1) is 24.2 Å². The van der Waals surface area contributed by atoms with Gasteiger partial charge < -0.3 is 11.1 Å². The van der Waals surface area contributed by atoms with E-state index in [1.54, 1.807) is 22.4 Å². The smallest absolute Gasteiger partial charge is 0.252 e. The van der Waals surface area contributed by atoms with Gasteiger partial charge in [0.15, 0.2) is 0 Å². The molecule has 5 rings (SSSR count). The Kier molecular flexibility index (Phi) is 6.42. The number of thioether (sulfide) groups is 1. The van der Waals surface area contributed by atoms with Crippen molar-refractivity contribution in [2.24, 2.45) is 5.73 Å². The van der Waals surface area contributed by atoms with Gasteiger partial charge in [-0.05, 0) is 52.6 Å². The molecule has 7 heteroatoms. The predicted molar refractivity (Wildman–Crippen MR) is 129 cm³/mol. The third kappa shape index (κ3) is 4.12. The Morgan fingerprint density at radius 2 is 1.90 bits per heavy atom. The molecule has 1 aromatic heterocycles. The largest absolute Gasteiger partial charge is 0.353 e. The Hall–Kier alpha value is -2.28. The second kappa shape index (κ2) is 9.07. The van der Waals surface area contributed by atoms with E-state index in [1.165, 1.54) is 21.9 Å². The maximum Gasteiger partial charge on any atom is 0.252 e. The van der Waals surface area contributed by atoms with Crippen molar-refractivity contribution in [3.8, 4) is 0 Å². The average Bonchev–Trinajstić information content (AvgIpc) is 3.49. The number of pyridine rings is 1. The van der Waals surface area contributed by atoms with Crippen molar-refractivity contribution in [3.63, 3.8) is 0 Å². The van der Waals surface area contributed by atoms with Crippen molar-refractivity contribution < 1.29 is 4.79 Å². The molecule has 1 amide bonds. The lowest BCUT2D eigenvalue weighted by Gasteiger charge is -2.18. The number of hydrogen-bond acceptors (Lipinski definition) is 4. The Morgan fingerprint density at radius 1 is 1.13 bits per heavy atom. The molecule has 3 N–H and O–H groups in total. The molecular weight excluding hydrogens is 430 g/mol. The molecule has 5 nitrogen and oxygen atoms in total. The average molecular weight is 456 g/mol. The summed E-state index contributed by atoms with van der Waals surface area (Å²) in [6.45, 7) is 0.823. The zero-order chi connectivity index (χ0) is 20.7. The van der Waals surface area contributed by atoms with Crippen LogP contribution in [0.1, 0.15) is 41.5 Å². The lowest BCUT2D eigenvalue weighted by Crippen LogP contribution is -2.38. The van der Waals surface area contributed by atoms with E-state index < -0.39 is 6.04 Å². The number of amides is 1. The van der Waals surface area contributed by atoms with E-state index in [4.69, 9.17) is 5.73 Å². The number of carbonyl (C=O) groups excluding carboxylic acids is 1. The highest BCUT2D eigenvalue weighted by molar-refractivity contribution is 7.99. The first-order chi connectivity index (χ1) is 14.7. The highest BCUT2D eigenvalue weighted by Crippen LogP contribution is 2.48. The third-order valence-corrected chi connectivity index (χ3v) is 7.18. The molecule has 1 aliphatic heterocycles. The first-order valence-corrected chi connectivity index (χ1v) is 11.5. The fourth-order valence-corrected chi connectivity index (χ4v) is 5.88. The summed E-state index contributed by atoms with van der Waals surface area (Å²) >= 11 is 1.65. The van der Waals surface area contributed by atoms with Crippen molar-refractivity contribution in [2.45, 2.75) is 36.2 Å². The second-order valence-corrected chi connectivity index (χ2v) is 9.10. The van der Waals surface area contributed by atoms with Crippen LogP contribution in [0.4, 0.5) is 0 Å². The molecule has 1 atom stereocenters. The van der Waals surface area contributed by atoms with E-state index in [0.29, 0.717) is 24.8 Å². The minimum Gasteiger partial charge on any atom is -0.353 e. The van der Waals surface area contributed by atoms with Crippen molar-refractivity contribution in [2.75, 3.05) is 18.8 Å². The van der Waals surface area contributed by atoms with Gasteiger partial charge in [-0.3, -0.25) is 14.2 Å². The normalized spacial score (nSPS) is 17.3. The van der Waals surface area contributed by atoms with E-state index in [-0.39, 0.29) is 23.9 Å². The Balaban J connectivity index is 0.00000231. The molecule has 31 heavy (non-hydrogen) atoms. The minimum atomic E-state index is -0.451. The number of hydrogen-bond donors (Lipinski definition) is 2. The number of benzene rings is 2. The van der Waals surface area contributed by atoms with E-state index >= 15 is 0 Å². The number of aromatic nitrogens is 1. The predicted octanol–water partition coefficient (Wildman–Crippen LogP) is 3.61. The summed E-state index contributed by atoms with van der Waals surface area (Å²) < 4.78 is 1.72. The summed E-state index contributed by atoms with van der Waals surface area (Å²) in [4.78, 5) is 25.7. The van der Waals surface area contributed by atoms with Crippen molar-refractivity contribution in [3.05, 3.63) is 75.6 Å². The van der Waals surface area contributed by atoms with Crippen LogP contribution in [-0.4, -0.2) is 29.3 Å². The van der Waals surface area contributed by atoms with Crippen LogP contribution in [0.5, 0.6) is 0 Å². The molecule has 2 aromatic carbocycles. The zero-order valence-corrected chi connectivity index (χ0v) is 18.8. The zero-order valence-electron chi connectivity index (χ0n) is 17.2. The summed E-state index contributed by atoms with van der Waals surface area (Å²) in [6, 6.07) is 16.1. The van der Waals surface area contributed by atoms with Gasteiger partial charge in [0.2, 0.25) is 5.91 Å². The number of rotatable bonds is 6. The first-order valence-electron chi connectivity index (χ1n) is 10.5. The fourth-order valence-electron chi connectivity index (χ4n) is 4.45. The summed E-state index contributed by atoms with van der Waals surface area (Å²) in [5.41, 5.74) is 9.06. The quantitative estimate of drug-likeness (QED) is 0.595. The standard InChI is InChI=1S/C24H25N3O2S.ClH/c25-10-11-26-23(29)20-14-30-24-22(16-8-9-16)18(13-21(28)27(20)24)12-17-6-3-5-15-4-1-2-7-19(15)17;/h1-7,13,16,20H,8-12,14,25H2,(H,26,29);1H/t20-;/m0./s1. The molecule has 162 valence electrons. The molecule has 0 radical (unpaired) electrons. The minimum absolute atomic E-state index is 0. The maximum absolute atomic E-state index is 13.1. The number of carbonyl (C=O) groups is 1. The van der Waals surface area contributed by atoms with E-state index in [9.17, 15) is 9.59 Å². The van der Waals surface area contributed by atoms with Gasteiger partial charge in [0.25, 0.3) is 5.56 Å². The monoisotopic (exact) mass is 455 g/mol. The molecule has 1 saturated carbocycles. The molecule has 1 aliphatic carbocycles. The summed E-state index contributed by atoms with van der Waals surface area (Å²) in [7, 11) is 0. The van der Waals surface area contributed by atoms with Crippen LogP contribution >= 0.6 is 24.2 Å². The highest BCUT2D eigenvalue weighted by Gasteiger charge is 2.37. The molecule has 0 saturated heterocycles. The molecule has 2 heterocycles. The Morgan fingerprint density at radius 3 is 2.68 bits per heavy atom.